The number of aromatic nitrogens is 4. The van der Waals surface area contributed by atoms with Crippen LogP contribution in [0.3, 0.4) is 0 Å². The van der Waals surface area contributed by atoms with Crippen LogP contribution in [0.5, 0.6) is 0 Å². The third-order valence-electron chi connectivity index (χ3n) is 3.90. The molecule has 0 fully saturated rings. The zero-order chi connectivity index (χ0) is 15.7. The number of rotatable bonds is 4. The van der Waals surface area contributed by atoms with E-state index in [1.807, 2.05) is 6.92 Å². The summed E-state index contributed by atoms with van der Waals surface area (Å²) >= 11 is 1.75. The second-order valence-corrected chi connectivity index (χ2v) is 6.90. The summed E-state index contributed by atoms with van der Waals surface area (Å²) in [5, 5.41) is 7.88. The molecule has 1 atom stereocenters. The van der Waals surface area contributed by atoms with Crippen LogP contribution in [0.1, 0.15) is 34.3 Å². The summed E-state index contributed by atoms with van der Waals surface area (Å²) in [5.41, 5.74) is 0.856. The van der Waals surface area contributed by atoms with Crippen molar-refractivity contribution in [1.29, 1.82) is 0 Å². The Morgan fingerprint density at radius 1 is 1.55 bits per heavy atom. The number of carbonyl (C=O) groups is 1. The largest absolute Gasteiger partial charge is 0.354 e. The number of hydrogen-bond donors (Lipinski definition) is 1. The first kappa shape index (κ1) is 15.0. The van der Waals surface area contributed by atoms with Gasteiger partial charge in [0.2, 0.25) is 5.91 Å². The lowest BCUT2D eigenvalue weighted by Gasteiger charge is -2.21. The van der Waals surface area contributed by atoms with Crippen molar-refractivity contribution < 1.29 is 4.79 Å². The fourth-order valence-corrected chi connectivity index (χ4v) is 3.85. The minimum atomic E-state index is -0.287. The van der Waals surface area contributed by atoms with E-state index in [4.69, 9.17) is 0 Å². The number of amides is 1. The van der Waals surface area contributed by atoms with Gasteiger partial charge in [-0.1, -0.05) is 0 Å². The SMILES string of the molecule is Cc1nc2c(s1)CCC[C@H]2CNC(=O)Cn1ncn(C)c1=O. The molecule has 1 N–H and O–H groups in total. The third kappa shape index (κ3) is 2.96. The Labute approximate surface area is 132 Å². The summed E-state index contributed by atoms with van der Waals surface area (Å²) in [7, 11) is 1.61. The Kier molecular flexibility index (Phi) is 4.10. The summed E-state index contributed by atoms with van der Waals surface area (Å²) in [6.07, 6.45) is 4.67. The highest BCUT2D eigenvalue weighted by atomic mass is 32.1. The lowest BCUT2D eigenvalue weighted by atomic mass is 9.91. The van der Waals surface area contributed by atoms with Crippen LogP contribution < -0.4 is 11.0 Å². The predicted molar refractivity (Wildman–Crippen MR) is 83.0 cm³/mol. The van der Waals surface area contributed by atoms with E-state index in [1.165, 1.54) is 15.8 Å². The molecular weight excluding hydrogens is 302 g/mol. The van der Waals surface area contributed by atoms with E-state index in [0.29, 0.717) is 6.54 Å². The molecule has 0 bridgehead atoms. The Morgan fingerprint density at radius 3 is 3.09 bits per heavy atom. The van der Waals surface area contributed by atoms with Gasteiger partial charge in [0, 0.05) is 24.4 Å². The molecule has 0 aliphatic heterocycles. The van der Waals surface area contributed by atoms with Crippen molar-refractivity contribution in [1.82, 2.24) is 24.6 Å². The van der Waals surface area contributed by atoms with Gasteiger partial charge >= 0.3 is 5.69 Å². The average Bonchev–Trinajstić information content (AvgIpc) is 3.01. The van der Waals surface area contributed by atoms with E-state index in [0.717, 1.165) is 34.6 Å². The summed E-state index contributed by atoms with van der Waals surface area (Å²) < 4.78 is 2.51. The highest BCUT2D eigenvalue weighted by Crippen LogP contribution is 2.34. The van der Waals surface area contributed by atoms with Crippen LogP contribution >= 0.6 is 11.3 Å². The van der Waals surface area contributed by atoms with Crippen molar-refractivity contribution in [3.63, 3.8) is 0 Å². The van der Waals surface area contributed by atoms with Gasteiger partial charge in [-0.05, 0) is 26.2 Å². The van der Waals surface area contributed by atoms with E-state index in [-0.39, 0.29) is 24.1 Å². The highest BCUT2D eigenvalue weighted by Gasteiger charge is 2.24. The number of carbonyl (C=O) groups excluding carboxylic acids is 1. The number of thiazole rings is 1. The van der Waals surface area contributed by atoms with Crippen LogP contribution in [0.2, 0.25) is 0 Å². The van der Waals surface area contributed by atoms with Crippen LogP contribution in [0.4, 0.5) is 0 Å². The molecule has 8 heteroatoms. The molecule has 0 radical (unpaired) electrons. The molecule has 1 aliphatic carbocycles. The molecule has 1 amide bonds. The molecule has 3 rings (SSSR count). The van der Waals surface area contributed by atoms with Gasteiger partial charge in [0.25, 0.3) is 0 Å². The molecule has 0 saturated heterocycles. The topological polar surface area (TPSA) is 81.8 Å². The number of hydrogen-bond acceptors (Lipinski definition) is 5. The summed E-state index contributed by atoms with van der Waals surface area (Å²) in [6, 6.07) is 0. The molecule has 22 heavy (non-hydrogen) atoms. The molecule has 0 unspecified atom stereocenters. The Balaban J connectivity index is 1.60. The molecular formula is C14H19N5O2S. The van der Waals surface area contributed by atoms with Crippen molar-refractivity contribution >= 4 is 17.2 Å². The molecule has 118 valence electrons. The minimum absolute atomic E-state index is 0.0463. The molecule has 0 aromatic carbocycles. The van der Waals surface area contributed by atoms with E-state index < -0.39 is 0 Å². The van der Waals surface area contributed by atoms with E-state index in [9.17, 15) is 9.59 Å². The monoisotopic (exact) mass is 321 g/mol. The van der Waals surface area contributed by atoms with E-state index in [1.54, 1.807) is 18.4 Å². The maximum Gasteiger partial charge on any atom is 0.345 e. The fourth-order valence-electron chi connectivity index (χ4n) is 2.79. The summed E-state index contributed by atoms with van der Waals surface area (Å²) in [5.74, 6) is 0.0815. The lowest BCUT2D eigenvalue weighted by Crippen LogP contribution is -2.35. The van der Waals surface area contributed by atoms with Gasteiger partial charge in [-0.15, -0.1) is 11.3 Å². The Hall–Kier alpha value is -1.96. The van der Waals surface area contributed by atoms with Gasteiger partial charge in [0.15, 0.2) is 0 Å². The van der Waals surface area contributed by atoms with Crippen LogP contribution in [0.15, 0.2) is 11.1 Å². The molecule has 1 aliphatic rings. The van der Waals surface area contributed by atoms with Crippen molar-refractivity contribution in [3.8, 4) is 0 Å². The minimum Gasteiger partial charge on any atom is -0.354 e. The summed E-state index contributed by atoms with van der Waals surface area (Å²) in [4.78, 5) is 29.6. The molecule has 0 saturated carbocycles. The Morgan fingerprint density at radius 2 is 2.36 bits per heavy atom. The number of nitrogens with zero attached hydrogens (tertiary/aromatic N) is 4. The maximum absolute atomic E-state index is 12.0. The normalized spacial score (nSPS) is 17.3. The van der Waals surface area contributed by atoms with Crippen molar-refractivity contribution in [2.45, 2.75) is 38.6 Å². The highest BCUT2D eigenvalue weighted by molar-refractivity contribution is 7.11. The quantitative estimate of drug-likeness (QED) is 0.893. The van der Waals surface area contributed by atoms with E-state index in [2.05, 4.69) is 15.4 Å². The smallest absolute Gasteiger partial charge is 0.345 e. The van der Waals surface area contributed by atoms with Gasteiger partial charge in [-0.25, -0.2) is 14.5 Å². The molecule has 2 aromatic rings. The number of fused-ring (bicyclic) bond motifs is 1. The maximum atomic E-state index is 12.0. The summed E-state index contributed by atoms with van der Waals surface area (Å²) in [6.45, 7) is 2.54. The van der Waals surface area contributed by atoms with Crippen molar-refractivity contribution in [3.05, 3.63) is 32.4 Å². The zero-order valence-electron chi connectivity index (χ0n) is 12.7. The zero-order valence-corrected chi connectivity index (χ0v) is 13.5. The van der Waals surface area contributed by atoms with Gasteiger partial charge < -0.3 is 5.32 Å². The average molecular weight is 321 g/mol. The Bertz CT molecular complexity index is 745. The van der Waals surface area contributed by atoms with Gasteiger partial charge in [0.1, 0.15) is 12.9 Å². The molecule has 2 heterocycles. The second kappa shape index (κ2) is 6.04. The van der Waals surface area contributed by atoms with Crippen LogP contribution in [-0.2, 0) is 24.8 Å². The predicted octanol–water partition coefficient (Wildman–Crippen LogP) is 0.583. The molecule has 0 spiro atoms. The van der Waals surface area contributed by atoms with E-state index >= 15 is 0 Å². The van der Waals surface area contributed by atoms with Crippen molar-refractivity contribution in [2.75, 3.05) is 6.54 Å². The standard InChI is InChI=1S/C14H19N5O2S/c1-9-17-13-10(4-3-5-11(13)22-9)6-15-12(20)7-19-14(21)18(2)8-16-19/h8,10H,3-7H2,1-2H3,(H,15,20)/t10-/m0/s1. The first-order chi connectivity index (χ1) is 10.5. The first-order valence-corrected chi connectivity index (χ1v) is 8.17. The molecule has 2 aromatic heterocycles. The number of aryl methyl sites for hydroxylation is 3. The first-order valence-electron chi connectivity index (χ1n) is 7.36. The van der Waals surface area contributed by atoms with Gasteiger partial charge in [0.05, 0.1) is 10.7 Å². The lowest BCUT2D eigenvalue weighted by molar-refractivity contribution is -0.122. The van der Waals surface area contributed by atoms with Crippen molar-refractivity contribution in [2.24, 2.45) is 7.05 Å². The van der Waals surface area contributed by atoms with Gasteiger partial charge in [-0.3, -0.25) is 9.36 Å². The fraction of sp³-hybridized carbons (Fsp3) is 0.571. The number of nitrogens with one attached hydrogen (secondary N) is 1. The van der Waals surface area contributed by atoms with Crippen LogP contribution in [0.25, 0.3) is 0 Å². The van der Waals surface area contributed by atoms with Gasteiger partial charge in [-0.2, -0.15) is 5.10 Å². The van der Waals surface area contributed by atoms with Crippen LogP contribution in [-0.4, -0.2) is 31.8 Å². The molecule has 7 nitrogen and oxygen atoms in total. The second-order valence-electron chi connectivity index (χ2n) is 5.62. The van der Waals surface area contributed by atoms with Crippen LogP contribution in [0, 0.1) is 6.92 Å². The third-order valence-corrected chi connectivity index (χ3v) is 4.95.